The van der Waals surface area contributed by atoms with E-state index < -0.39 is 18.0 Å². The zero-order chi connectivity index (χ0) is 29.1. The van der Waals surface area contributed by atoms with Crippen LogP contribution in [0, 0.1) is 11.7 Å². The van der Waals surface area contributed by atoms with Crippen LogP contribution in [0.4, 0.5) is 41.1 Å². The number of nitrogens with one attached hydrogen (secondary N) is 4. The highest BCUT2D eigenvalue weighted by Crippen LogP contribution is 2.25. The summed E-state index contributed by atoms with van der Waals surface area (Å²) in [5, 5.41) is 17.1. The first-order chi connectivity index (χ1) is 19.1. The molecule has 1 aromatic heterocycles. The van der Waals surface area contributed by atoms with E-state index in [-0.39, 0.29) is 5.75 Å². The zero-order valence-corrected chi connectivity index (χ0v) is 22.8. The lowest BCUT2D eigenvalue weighted by atomic mass is 9.89. The second-order valence-electron chi connectivity index (χ2n) is 9.95. The smallest absolute Gasteiger partial charge is 0.490 e. The van der Waals surface area contributed by atoms with Gasteiger partial charge < -0.3 is 30.7 Å². The molecule has 2 fully saturated rings. The first kappa shape index (κ1) is 31.1. The second-order valence-corrected chi connectivity index (χ2v) is 9.95. The molecular weight excluding hydrogens is 534 g/mol. The number of aromatic nitrogens is 3. The lowest BCUT2D eigenvalue weighted by Gasteiger charge is -2.22. The number of rotatable bonds is 10. The number of quaternary nitrogens is 1. The minimum atomic E-state index is -5.08. The highest BCUT2D eigenvalue weighted by atomic mass is 19.4. The molecule has 1 aliphatic heterocycles. The fourth-order valence-corrected chi connectivity index (χ4v) is 5.00. The molecule has 2 aromatic rings. The van der Waals surface area contributed by atoms with E-state index in [1.165, 1.54) is 64.7 Å². The van der Waals surface area contributed by atoms with Gasteiger partial charge in [-0.15, -0.1) is 0 Å². The first-order valence-corrected chi connectivity index (χ1v) is 13.6. The molecule has 2 unspecified atom stereocenters. The largest absolute Gasteiger partial charge is 0.494 e. The lowest BCUT2D eigenvalue weighted by Crippen LogP contribution is -3.14. The molecule has 1 saturated carbocycles. The number of anilines is 4. The summed E-state index contributed by atoms with van der Waals surface area (Å²) >= 11 is 0. The molecule has 222 valence electrons. The first-order valence-electron chi connectivity index (χ1n) is 13.6. The van der Waals surface area contributed by atoms with E-state index >= 15 is 0 Å². The number of likely N-dealkylation sites (tertiary alicyclic amines) is 1. The van der Waals surface area contributed by atoms with Crippen LogP contribution in [0.15, 0.2) is 18.2 Å². The standard InChI is InChI=1S/C24H36FN7O.C2HF3O2/c1-3-32-13-7-10-19(32)16-27-23-29-22(26-15-17-8-5-4-6-9-17)30-24(31-23)28-18-11-12-21(33-2)20(25)14-18;3-2(4,5)1(6)7/h11-12,14,17,19H,3-10,13,15-16H2,1-2H3,(H3,26,27,28,29,30,31);(H,6,7)/p+1. The summed E-state index contributed by atoms with van der Waals surface area (Å²) in [7, 11) is 1.45. The Balaban J connectivity index is 0.000000559. The molecule has 1 saturated heterocycles. The number of nitrogens with zero attached hydrogens (tertiary/aromatic N) is 3. The van der Waals surface area contributed by atoms with Crippen LogP contribution in [0.3, 0.4) is 0 Å². The monoisotopic (exact) mass is 572 g/mol. The number of alkyl halides is 3. The van der Waals surface area contributed by atoms with Crippen LogP contribution in [-0.4, -0.2) is 71.5 Å². The summed E-state index contributed by atoms with van der Waals surface area (Å²) in [6, 6.07) is 5.28. The van der Waals surface area contributed by atoms with Crippen molar-refractivity contribution >= 4 is 29.5 Å². The van der Waals surface area contributed by atoms with Gasteiger partial charge in [-0.25, -0.2) is 9.18 Å². The van der Waals surface area contributed by atoms with Crippen molar-refractivity contribution in [2.24, 2.45) is 5.92 Å². The van der Waals surface area contributed by atoms with Gasteiger partial charge in [0.2, 0.25) is 17.8 Å². The maximum absolute atomic E-state index is 14.2. The minimum absolute atomic E-state index is 0.202. The van der Waals surface area contributed by atoms with Gasteiger partial charge in [-0.05, 0) is 37.8 Å². The molecule has 0 spiro atoms. The summed E-state index contributed by atoms with van der Waals surface area (Å²) in [4.78, 5) is 24.3. The Morgan fingerprint density at radius 1 is 1.02 bits per heavy atom. The molecular formula is C26H38F4N7O3+. The third kappa shape index (κ3) is 9.65. The van der Waals surface area contributed by atoms with Crippen LogP contribution < -0.4 is 25.6 Å². The van der Waals surface area contributed by atoms with Crippen molar-refractivity contribution in [1.29, 1.82) is 0 Å². The van der Waals surface area contributed by atoms with Gasteiger partial charge in [0.25, 0.3) is 0 Å². The number of carboxylic acids is 1. The number of aliphatic carboxylic acids is 1. The number of hydrogen-bond donors (Lipinski definition) is 5. The Morgan fingerprint density at radius 3 is 2.23 bits per heavy atom. The Labute approximate surface area is 230 Å². The van der Waals surface area contributed by atoms with Gasteiger partial charge in [0, 0.05) is 31.1 Å². The van der Waals surface area contributed by atoms with E-state index in [2.05, 4.69) is 37.8 Å². The number of likely N-dealkylation sites (N-methyl/N-ethyl adjacent to an activating group) is 1. The summed E-state index contributed by atoms with van der Waals surface area (Å²) in [5.41, 5.74) is 0.557. The van der Waals surface area contributed by atoms with E-state index in [4.69, 9.17) is 14.6 Å². The van der Waals surface area contributed by atoms with Crippen LogP contribution in [0.25, 0.3) is 0 Å². The Bertz CT molecular complexity index is 1100. The SMILES string of the molecule is CC[NH+]1CCCC1CNc1nc(NCC2CCCCC2)nc(Nc2ccc(OC)c(F)c2)n1.O=C(O)C(F)(F)F. The highest BCUT2D eigenvalue weighted by molar-refractivity contribution is 5.73. The quantitative estimate of drug-likeness (QED) is 0.270. The van der Waals surface area contributed by atoms with Crippen molar-refractivity contribution in [2.45, 2.75) is 64.1 Å². The van der Waals surface area contributed by atoms with Crippen molar-refractivity contribution in [3.63, 3.8) is 0 Å². The predicted octanol–water partition coefficient (Wildman–Crippen LogP) is 3.87. The van der Waals surface area contributed by atoms with E-state index in [0.29, 0.717) is 35.5 Å². The van der Waals surface area contributed by atoms with Gasteiger partial charge in [-0.2, -0.15) is 28.1 Å². The number of benzene rings is 1. The van der Waals surface area contributed by atoms with E-state index in [1.807, 2.05) is 0 Å². The summed E-state index contributed by atoms with van der Waals surface area (Å²) in [5.74, 6) is -0.876. The molecule has 40 heavy (non-hydrogen) atoms. The van der Waals surface area contributed by atoms with E-state index in [0.717, 1.165) is 19.6 Å². The number of hydrogen-bond acceptors (Lipinski definition) is 8. The minimum Gasteiger partial charge on any atom is -0.494 e. The van der Waals surface area contributed by atoms with Gasteiger partial charge in [0.15, 0.2) is 11.6 Å². The molecule has 2 aliphatic rings. The van der Waals surface area contributed by atoms with Crippen LogP contribution in [0.5, 0.6) is 5.75 Å². The van der Waals surface area contributed by atoms with Crippen LogP contribution in [-0.2, 0) is 4.79 Å². The molecule has 2 heterocycles. The van der Waals surface area contributed by atoms with Crippen LogP contribution in [0.2, 0.25) is 0 Å². The molecule has 1 aromatic carbocycles. The Kier molecular flexibility index (Phi) is 11.5. The van der Waals surface area contributed by atoms with Crippen molar-refractivity contribution < 1.29 is 37.1 Å². The number of methoxy groups -OCH3 is 1. The molecule has 14 heteroatoms. The third-order valence-electron chi connectivity index (χ3n) is 7.15. The topological polar surface area (TPSA) is 126 Å². The number of halogens is 4. The summed E-state index contributed by atoms with van der Waals surface area (Å²) in [6.07, 6.45) is 3.81. The fourth-order valence-electron chi connectivity index (χ4n) is 5.00. The molecule has 0 radical (unpaired) electrons. The second kappa shape index (κ2) is 14.8. The summed E-state index contributed by atoms with van der Waals surface area (Å²) in [6.45, 7) is 6.28. The van der Waals surface area contributed by atoms with Crippen LogP contribution in [0.1, 0.15) is 51.9 Å². The van der Waals surface area contributed by atoms with Gasteiger partial charge >= 0.3 is 12.1 Å². The normalized spacial score (nSPS) is 19.4. The van der Waals surface area contributed by atoms with Crippen LogP contribution >= 0.6 is 0 Å². The van der Waals surface area contributed by atoms with Gasteiger partial charge in [-0.1, -0.05) is 19.3 Å². The number of carboxylic acid groups (broad SMARTS) is 1. The number of ether oxygens (including phenoxy) is 1. The molecule has 10 nitrogen and oxygen atoms in total. The highest BCUT2D eigenvalue weighted by Gasteiger charge is 2.38. The third-order valence-corrected chi connectivity index (χ3v) is 7.15. The summed E-state index contributed by atoms with van der Waals surface area (Å²) < 4.78 is 50.9. The Morgan fingerprint density at radius 2 is 1.65 bits per heavy atom. The molecule has 2 atom stereocenters. The molecule has 4 rings (SSSR count). The van der Waals surface area contributed by atoms with E-state index in [9.17, 15) is 17.6 Å². The van der Waals surface area contributed by atoms with Crippen molar-refractivity contribution in [3.05, 3.63) is 24.0 Å². The van der Waals surface area contributed by atoms with Gasteiger partial charge in [-0.3, -0.25) is 0 Å². The fraction of sp³-hybridized carbons (Fsp3) is 0.615. The molecule has 1 aliphatic carbocycles. The molecule has 0 bridgehead atoms. The average Bonchev–Trinajstić information content (AvgIpc) is 3.39. The van der Waals surface area contributed by atoms with Crippen molar-refractivity contribution in [2.75, 3.05) is 49.2 Å². The maximum Gasteiger partial charge on any atom is 0.490 e. The van der Waals surface area contributed by atoms with E-state index in [1.54, 1.807) is 17.0 Å². The average molecular weight is 573 g/mol. The van der Waals surface area contributed by atoms with Gasteiger partial charge in [0.05, 0.1) is 26.7 Å². The van der Waals surface area contributed by atoms with Gasteiger partial charge in [0.1, 0.15) is 6.04 Å². The lowest BCUT2D eigenvalue weighted by molar-refractivity contribution is -0.908. The maximum atomic E-state index is 14.2. The van der Waals surface area contributed by atoms with Crippen molar-refractivity contribution in [3.8, 4) is 5.75 Å². The zero-order valence-electron chi connectivity index (χ0n) is 22.8. The predicted molar refractivity (Wildman–Crippen MR) is 143 cm³/mol. The molecule has 0 amide bonds. The van der Waals surface area contributed by atoms with Crippen molar-refractivity contribution in [1.82, 2.24) is 15.0 Å². The molecule has 5 N–H and O–H groups in total. The Hall–Kier alpha value is -3.42. The number of carbonyl (C=O) groups is 1.